The smallest absolute Gasteiger partial charge is 0.0130 e. The maximum absolute atomic E-state index is 6.40. The van der Waals surface area contributed by atoms with Crippen molar-refractivity contribution in [3.8, 4) is 0 Å². The molecule has 2 bridgehead atoms. The van der Waals surface area contributed by atoms with Crippen LogP contribution in [0.25, 0.3) is 0 Å². The van der Waals surface area contributed by atoms with Gasteiger partial charge in [-0.25, -0.2) is 0 Å². The molecule has 0 saturated heterocycles. The Morgan fingerprint density at radius 3 is 2.77 bits per heavy atom. The molecule has 2 saturated carbocycles. The van der Waals surface area contributed by atoms with Crippen molar-refractivity contribution in [1.82, 2.24) is 0 Å². The lowest BCUT2D eigenvalue weighted by atomic mass is 9.64. The van der Waals surface area contributed by atoms with E-state index < -0.39 is 0 Å². The number of rotatable bonds is 0. The van der Waals surface area contributed by atoms with Gasteiger partial charge in [0.2, 0.25) is 0 Å². The standard InChI is InChI=1S/C12H19N/c13-11-9-4-5-10(8-9)12(11)6-2-1-3-7-12/h1-2,9-11H,3-8,13H2/t9-,10+,11-,12-/m1/s1. The first-order valence-electron chi connectivity index (χ1n) is 5.73. The third-order valence-corrected chi connectivity index (χ3v) is 4.90. The summed E-state index contributed by atoms with van der Waals surface area (Å²) < 4.78 is 0. The lowest BCUT2D eigenvalue weighted by molar-refractivity contribution is 0.117. The Morgan fingerprint density at radius 1 is 1.23 bits per heavy atom. The van der Waals surface area contributed by atoms with Crippen LogP contribution in [0.4, 0.5) is 0 Å². The van der Waals surface area contributed by atoms with Crippen LogP contribution in [0.15, 0.2) is 12.2 Å². The molecule has 1 heteroatoms. The highest BCUT2D eigenvalue weighted by Gasteiger charge is 2.55. The van der Waals surface area contributed by atoms with Crippen LogP contribution in [0.5, 0.6) is 0 Å². The minimum atomic E-state index is 0.524. The first-order valence-corrected chi connectivity index (χ1v) is 5.73. The van der Waals surface area contributed by atoms with Gasteiger partial charge < -0.3 is 5.73 Å². The lowest BCUT2D eigenvalue weighted by Crippen LogP contribution is -2.46. The predicted octanol–water partition coefficient (Wildman–Crippen LogP) is 2.47. The van der Waals surface area contributed by atoms with E-state index in [0.717, 1.165) is 11.8 Å². The fraction of sp³-hybridized carbons (Fsp3) is 0.833. The number of fused-ring (bicyclic) bond motifs is 3. The van der Waals surface area contributed by atoms with Crippen LogP contribution in [0.2, 0.25) is 0 Å². The molecule has 1 nitrogen and oxygen atoms in total. The van der Waals surface area contributed by atoms with E-state index in [1.807, 2.05) is 0 Å². The van der Waals surface area contributed by atoms with E-state index in [1.165, 1.54) is 38.5 Å². The van der Waals surface area contributed by atoms with Crippen molar-refractivity contribution in [3.63, 3.8) is 0 Å². The van der Waals surface area contributed by atoms with Crippen molar-refractivity contribution in [2.45, 2.75) is 44.6 Å². The summed E-state index contributed by atoms with van der Waals surface area (Å²) in [5, 5.41) is 0. The fourth-order valence-corrected chi connectivity index (χ4v) is 4.15. The number of nitrogens with two attached hydrogens (primary N) is 1. The summed E-state index contributed by atoms with van der Waals surface area (Å²) in [6.07, 6.45) is 12.9. The van der Waals surface area contributed by atoms with Crippen LogP contribution in [0.1, 0.15) is 38.5 Å². The molecule has 1 spiro atoms. The molecule has 0 aromatic heterocycles. The summed E-state index contributed by atoms with van der Waals surface area (Å²) >= 11 is 0. The molecule has 72 valence electrons. The topological polar surface area (TPSA) is 26.0 Å². The molecule has 0 aromatic rings. The van der Waals surface area contributed by atoms with Gasteiger partial charge in [0.15, 0.2) is 0 Å². The molecule has 0 aliphatic heterocycles. The molecule has 0 unspecified atom stereocenters. The highest BCUT2D eigenvalue weighted by atomic mass is 14.8. The van der Waals surface area contributed by atoms with Crippen LogP contribution in [0.3, 0.4) is 0 Å². The van der Waals surface area contributed by atoms with Gasteiger partial charge in [0.25, 0.3) is 0 Å². The van der Waals surface area contributed by atoms with E-state index in [9.17, 15) is 0 Å². The van der Waals surface area contributed by atoms with Crippen molar-refractivity contribution in [2.75, 3.05) is 0 Å². The molecule has 3 aliphatic rings. The molecular weight excluding hydrogens is 158 g/mol. The first kappa shape index (κ1) is 8.05. The second-order valence-corrected chi connectivity index (χ2v) is 5.24. The largest absolute Gasteiger partial charge is 0.327 e. The summed E-state index contributed by atoms with van der Waals surface area (Å²) in [5.41, 5.74) is 6.94. The molecule has 0 heterocycles. The van der Waals surface area contributed by atoms with Crippen molar-refractivity contribution in [1.29, 1.82) is 0 Å². The zero-order valence-corrected chi connectivity index (χ0v) is 8.21. The normalized spacial score (nSPS) is 53.5. The summed E-state index contributed by atoms with van der Waals surface area (Å²) in [6.45, 7) is 0. The third-order valence-electron chi connectivity index (χ3n) is 4.90. The first-order chi connectivity index (χ1) is 6.33. The Labute approximate surface area is 80.4 Å². The van der Waals surface area contributed by atoms with Crippen molar-refractivity contribution in [3.05, 3.63) is 12.2 Å². The lowest BCUT2D eigenvalue weighted by Gasteiger charge is -2.43. The molecule has 3 aliphatic carbocycles. The zero-order chi connectivity index (χ0) is 8.89. The monoisotopic (exact) mass is 177 g/mol. The summed E-state index contributed by atoms with van der Waals surface area (Å²) in [7, 11) is 0. The Morgan fingerprint density at radius 2 is 2.15 bits per heavy atom. The Bertz CT molecular complexity index is 242. The summed E-state index contributed by atoms with van der Waals surface area (Å²) in [4.78, 5) is 0. The maximum atomic E-state index is 6.40. The highest BCUT2D eigenvalue weighted by Crippen LogP contribution is 2.59. The fourth-order valence-electron chi connectivity index (χ4n) is 4.15. The van der Waals surface area contributed by atoms with Crippen molar-refractivity contribution < 1.29 is 0 Å². The van der Waals surface area contributed by atoms with Crippen LogP contribution < -0.4 is 5.73 Å². The van der Waals surface area contributed by atoms with Gasteiger partial charge in [0.05, 0.1) is 0 Å². The quantitative estimate of drug-likeness (QED) is 0.565. The highest BCUT2D eigenvalue weighted by molar-refractivity contribution is 5.13. The van der Waals surface area contributed by atoms with E-state index in [-0.39, 0.29) is 0 Å². The summed E-state index contributed by atoms with van der Waals surface area (Å²) in [6, 6.07) is 0.524. The molecule has 3 rings (SSSR count). The van der Waals surface area contributed by atoms with E-state index in [2.05, 4.69) is 12.2 Å². The van der Waals surface area contributed by atoms with Gasteiger partial charge in [-0.05, 0) is 55.8 Å². The second kappa shape index (κ2) is 2.60. The summed E-state index contributed by atoms with van der Waals surface area (Å²) in [5.74, 6) is 1.84. The van der Waals surface area contributed by atoms with Gasteiger partial charge in [-0.1, -0.05) is 12.2 Å². The Balaban J connectivity index is 1.93. The van der Waals surface area contributed by atoms with Crippen molar-refractivity contribution >= 4 is 0 Å². The van der Waals surface area contributed by atoms with Crippen LogP contribution in [-0.2, 0) is 0 Å². The average Bonchev–Trinajstić information content (AvgIpc) is 2.73. The average molecular weight is 177 g/mol. The van der Waals surface area contributed by atoms with E-state index in [0.29, 0.717) is 11.5 Å². The van der Waals surface area contributed by atoms with E-state index in [4.69, 9.17) is 5.73 Å². The third kappa shape index (κ3) is 0.914. The molecule has 0 amide bonds. The van der Waals surface area contributed by atoms with E-state index in [1.54, 1.807) is 0 Å². The molecule has 0 aromatic carbocycles. The maximum Gasteiger partial charge on any atom is 0.0130 e. The molecular formula is C12H19N. The molecule has 0 radical (unpaired) electrons. The molecule has 2 N–H and O–H groups in total. The Kier molecular flexibility index (Phi) is 1.61. The second-order valence-electron chi connectivity index (χ2n) is 5.24. The van der Waals surface area contributed by atoms with E-state index >= 15 is 0 Å². The van der Waals surface area contributed by atoms with Crippen LogP contribution >= 0.6 is 0 Å². The number of hydrogen-bond acceptors (Lipinski definition) is 1. The number of hydrogen-bond donors (Lipinski definition) is 1. The van der Waals surface area contributed by atoms with Crippen LogP contribution in [0, 0.1) is 17.3 Å². The SMILES string of the molecule is N[C@@H]1[C@@H]2CC[C@@H](C2)[C@]12CC=CCC2. The van der Waals surface area contributed by atoms with Gasteiger partial charge in [-0.2, -0.15) is 0 Å². The van der Waals surface area contributed by atoms with Gasteiger partial charge in [-0.3, -0.25) is 0 Å². The van der Waals surface area contributed by atoms with Gasteiger partial charge in [-0.15, -0.1) is 0 Å². The van der Waals surface area contributed by atoms with Crippen LogP contribution in [-0.4, -0.2) is 6.04 Å². The van der Waals surface area contributed by atoms with Gasteiger partial charge >= 0.3 is 0 Å². The van der Waals surface area contributed by atoms with Crippen molar-refractivity contribution in [2.24, 2.45) is 23.0 Å². The predicted molar refractivity (Wildman–Crippen MR) is 54.2 cm³/mol. The molecule has 4 atom stereocenters. The number of allylic oxidation sites excluding steroid dienone is 2. The molecule has 13 heavy (non-hydrogen) atoms. The molecule has 2 fully saturated rings. The van der Waals surface area contributed by atoms with Gasteiger partial charge in [0, 0.05) is 6.04 Å². The van der Waals surface area contributed by atoms with Gasteiger partial charge in [0.1, 0.15) is 0 Å². The minimum absolute atomic E-state index is 0.524. The minimum Gasteiger partial charge on any atom is -0.327 e. The Hall–Kier alpha value is -0.300. The zero-order valence-electron chi connectivity index (χ0n) is 8.21.